The van der Waals surface area contributed by atoms with Crippen LogP contribution in [0.4, 0.5) is 4.39 Å². The zero-order valence-corrected chi connectivity index (χ0v) is 8.39. The van der Waals surface area contributed by atoms with Gasteiger partial charge in [0.1, 0.15) is 5.82 Å². The second-order valence-corrected chi connectivity index (χ2v) is 3.59. The second kappa shape index (κ2) is 3.88. The van der Waals surface area contributed by atoms with E-state index in [2.05, 4.69) is 0 Å². The molecule has 1 rings (SSSR count). The quantitative estimate of drug-likeness (QED) is 0.745. The second-order valence-electron chi connectivity index (χ2n) is 3.59. The number of rotatable bonds is 2. The fraction of sp³-hybridized carbons (Fsp3) is 0.455. The fourth-order valence-corrected chi connectivity index (χ4v) is 1.50. The Labute approximate surface area is 78.8 Å². The number of aryl methyl sites for hydroxylation is 2. The van der Waals surface area contributed by atoms with E-state index in [0.29, 0.717) is 12.1 Å². The van der Waals surface area contributed by atoms with Gasteiger partial charge in [0.15, 0.2) is 0 Å². The lowest BCUT2D eigenvalue weighted by Gasteiger charge is -2.13. The number of hydrogen-bond acceptors (Lipinski definition) is 1. The summed E-state index contributed by atoms with van der Waals surface area (Å²) in [6, 6.07) is 3.47. The molecule has 1 unspecified atom stereocenters. The van der Waals surface area contributed by atoms with Crippen molar-refractivity contribution in [2.24, 2.45) is 5.73 Å². The Bertz CT molecular complexity index is 307. The summed E-state index contributed by atoms with van der Waals surface area (Å²) in [6.45, 7) is 6.34. The van der Waals surface area contributed by atoms with Crippen molar-refractivity contribution in [3.63, 3.8) is 0 Å². The zero-order chi connectivity index (χ0) is 10.0. The average molecular weight is 181 g/mol. The molecule has 1 aromatic rings. The van der Waals surface area contributed by atoms with Gasteiger partial charge in [-0.05, 0) is 49.1 Å². The van der Waals surface area contributed by atoms with E-state index in [1.165, 1.54) is 0 Å². The monoisotopic (exact) mass is 181 g/mol. The zero-order valence-electron chi connectivity index (χ0n) is 8.39. The number of nitrogens with two attached hydrogens (primary N) is 1. The molecule has 2 N–H and O–H groups in total. The van der Waals surface area contributed by atoms with Crippen LogP contribution in [0.25, 0.3) is 0 Å². The molecule has 0 spiro atoms. The summed E-state index contributed by atoms with van der Waals surface area (Å²) >= 11 is 0. The van der Waals surface area contributed by atoms with E-state index in [9.17, 15) is 4.39 Å². The molecule has 13 heavy (non-hydrogen) atoms. The van der Waals surface area contributed by atoms with Gasteiger partial charge in [-0.2, -0.15) is 0 Å². The Balaban J connectivity index is 3.15. The van der Waals surface area contributed by atoms with Gasteiger partial charge in [0, 0.05) is 0 Å². The van der Waals surface area contributed by atoms with Crippen molar-refractivity contribution in [2.45, 2.75) is 26.7 Å². The molecule has 1 nitrogen and oxygen atoms in total. The lowest BCUT2D eigenvalue weighted by atomic mass is 9.95. The summed E-state index contributed by atoms with van der Waals surface area (Å²) in [4.78, 5) is 0. The van der Waals surface area contributed by atoms with Gasteiger partial charge in [0.2, 0.25) is 0 Å². The Hall–Kier alpha value is -0.890. The lowest BCUT2D eigenvalue weighted by molar-refractivity contribution is 0.611. The highest BCUT2D eigenvalue weighted by Crippen LogP contribution is 2.21. The first kappa shape index (κ1) is 10.2. The minimum absolute atomic E-state index is 0.138. The number of halogens is 1. The highest BCUT2D eigenvalue weighted by molar-refractivity contribution is 5.34. The Kier molecular flexibility index (Phi) is 3.04. The van der Waals surface area contributed by atoms with E-state index < -0.39 is 0 Å². The average Bonchev–Trinajstić information content (AvgIpc) is 2.10. The van der Waals surface area contributed by atoms with E-state index in [-0.39, 0.29) is 11.7 Å². The predicted octanol–water partition coefficient (Wildman–Crippen LogP) is 2.50. The van der Waals surface area contributed by atoms with E-state index in [1.807, 2.05) is 19.9 Å². The van der Waals surface area contributed by atoms with Gasteiger partial charge >= 0.3 is 0 Å². The molecule has 0 aliphatic carbocycles. The van der Waals surface area contributed by atoms with Crippen molar-refractivity contribution >= 4 is 0 Å². The molecule has 1 aromatic carbocycles. The third-order valence-corrected chi connectivity index (χ3v) is 2.43. The lowest BCUT2D eigenvalue weighted by Crippen LogP contribution is -2.10. The maximum absolute atomic E-state index is 13.2. The van der Waals surface area contributed by atoms with Crippen molar-refractivity contribution in [3.05, 3.63) is 34.6 Å². The van der Waals surface area contributed by atoms with Crippen molar-refractivity contribution in [1.29, 1.82) is 0 Å². The molecule has 0 heterocycles. The van der Waals surface area contributed by atoms with Crippen LogP contribution >= 0.6 is 0 Å². The van der Waals surface area contributed by atoms with Gasteiger partial charge in [-0.15, -0.1) is 0 Å². The molecule has 2 heteroatoms. The highest BCUT2D eigenvalue weighted by Gasteiger charge is 2.09. The first-order chi connectivity index (χ1) is 6.06. The first-order valence-electron chi connectivity index (χ1n) is 4.53. The highest BCUT2D eigenvalue weighted by atomic mass is 19.1. The maximum atomic E-state index is 13.2. The first-order valence-corrected chi connectivity index (χ1v) is 4.53. The Morgan fingerprint density at radius 1 is 1.31 bits per heavy atom. The molecule has 0 saturated heterocycles. The molecular weight excluding hydrogens is 165 g/mol. The summed E-state index contributed by atoms with van der Waals surface area (Å²) in [5.41, 5.74) is 8.38. The molecule has 0 aromatic heterocycles. The summed E-state index contributed by atoms with van der Waals surface area (Å²) in [6.07, 6.45) is 0. The van der Waals surface area contributed by atoms with Crippen LogP contribution in [0.1, 0.15) is 29.5 Å². The standard InChI is InChI=1S/C11H16FN/c1-7-4-8(2)11(12)5-10(7)9(3)6-13/h4-5,9H,6,13H2,1-3H3. The normalized spacial score (nSPS) is 13.0. The number of benzene rings is 1. The van der Waals surface area contributed by atoms with Gasteiger partial charge in [-0.3, -0.25) is 0 Å². The molecule has 0 saturated carbocycles. The van der Waals surface area contributed by atoms with Gasteiger partial charge in [-0.1, -0.05) is 13.0 Å². The Morgan fingerprint density at radius 3 is 2.46 bits per heavy atom. The van der Waals surface area contributed by atoms with Crippen LogP contribution in [0.5, 0.6) is 0 Å². The molecular formula is C11H16FN. The van der Waals surface area contributed by atoms with E-state index >= 15 is 0 Å². The molecule has 72 valence electrons. The van der Waals surface area contributed by atoms with Gasteiger partial charge < -0.3 is 5.73 Å². The van der Waals surface area contributed by atoms with E-state index in [1.54, 1.807) is 13.0 Å². The van der Waals surface area contributed by atoms with Gasteiger partial charge in [-0.25, -0.2) is 4.39 Å². The van der Waals surface area contributed by atoms with Crippen molar-refractivity contribution in [1.82, 2.24) is 0 Å². The SMILES string of the molecule is Cc1cc(C)c(C(C)CN)cc1F. The van der Waals surface area contributed by atoms with Crippen LogP contribution < -0.4 is 5.73 Å². The van der Waals surface area contributed by atoms with Crippen LogP contribution in [0.2, 0.25) is 0 Å². The topological polar surface area (TPSA) is 26.0 Å². The van der Waals surface area contributed by atoms with E-state index in [4.69, 9.17) is 5.73 Å². The maximum Gasteiger partial charge on any atom is 0.126 e. The molecule has 0 fully saturated rings. The van der Waals surface area contributed by atoms with Gasteiger partial charge in [0.25, 0.3) is 0 Å². The van der Waals surface area contributed by atoms with Crippen LogP contribution in [-0.4, -0.2) is 6.54 Å². The summed E-state index contributed by atoms with van der Waals surface area (Å²) in [5, 5.41) is 0. The molecule has 0 amide bonds. The van der Waals surface area contributed by atoms with E-state index in [0.717, 1.165) is 11.1 Å². The summed E-state index contributed by atoms with van der Waals surface area (Å²) < 4.78 is 13.2. The summed E-state index contributed by atoms with van der Waals surface area (Å²) in [5.74, 6) is 0.0935. The van der Waals surface area contributed by atoms with Gasteiger partial charge in [0.05, 0.1) is 0 Å². The van der Waals surface area contributed by atoms with Crippen molar-refractivity contribution in [3.8, 4) is 0 Å². The number of hydrogen-bond donors (Lipinski definition) is 1. The largest absolute Gasteiger partial charge is 0.330 e. The Morgan fingerprint density at radius 2 is 1.92 bits per heavy atom. The van der Waals surface area contributed by atoms with Crippen LogP contribution in [0, 0.1) is 19.7 Å². The fourth-order valence-electron chi connectivity index (χ4n) is 1.50. The third-order valence-electron chi connectivity index (χ3n) is 2.43. The van der Waals surface area contributed by atoms with Crippen LogP contribution in [0.3, 0.4) is 0 Å². The smallest absolute Gasteiger partial charge is 0.126 e. The third kappa shape index (κ3) is 2.07. The minimum Gasteiger partial charge on any atom is -0.330 e. The molecule has 0 aliphatic rings. The van der Waals surface area contributed by atoms with Crippen molar-refractivity contribution < 1.29 is 4.39 Å². The molecule has 0 bridgehead atoms. The molecule has 0 aliphatic heterocycles. The van der Waals surface area contributed by atoms with Crippen molar-refractivity contribution in [2.75, 3.05) is 6.54 Å². The van der Waals surface area contributed by atoms with Crippen LogP contribution in [0.15, 0.2) is 12.1 Å². The van der Waals surface area contributed by atoms with Crippen LogP contribution in [-0.2, 0) is 0 Å². The summed E-state index contributed by atoms with van der Waals surface area (Å²) in [7, 11) is 0. The predicted molar refractivity (Wildman–Crippen MR) is 53.3 cm³/mol. The molecule has 0 radical (unpaired) electrons. The molecule has 1 atom stereocenters. The minimum atomic E-state index is -0.138.